The average molecular weight is 297 g/mol. The number of carbonyl (C=O) groups is 1. The van der Waals surface area contributed by atoms with Gasteiger partial charge in [0.05, 0.1) is 5.56 Å². The van der Waals surface area contributed by atoms with Crippen LogP contribution in [0.5, 0.6) is 5.75 Å². The van der Waals surface area contributed by atoms with Crippen molar-refractivity contribution in [2.75, 3.05) is 0 Å². The second kappa shape index (κ2) is 5.98. The van der Waals surface area contributed by atoms with Gasteiger partial charge in [0, 0.05) is 5.02 Å². The molecule has 0 fully saturated rings. The molecule has 0 saturated heterocycles. The molecular weight excluding hydrogens is 284 g/mol. The molecule has 0 aliphatic carbocycles. The lowest BCUT2D eigenvalue weighted by atomic mass is 10.0. The van der Waals surface area contributed by atoms with Gasteiger partial charge < -0.3 is 4.74 Å². The Labute approximate surface area is 127 Å². The third-order valence-corrected chi connectivity index (χ3v) is 3.57. The lowest BCUT2D eigenvalue weighted by Crippen LogP contribution is -1.99. The molecule has 0 aliphatic heterocycles. The van der Waals surface area contributed by atoms with Crippen molar-refractivity contribution < 1.29 is 9.53 Å². The van der Waals surface area contributed by atoms with E-state index in [1.165, 1.54) is 0 Å². The van der Waals surface area contributed by atoms with E-state index >= 15 is 0 Å². The molecule has 3 aromatic carbocycles. The molecule has 0 amide bonds. The SMILES string of the molecule is O=Cc1c(OCc2cccc(Cl)c2)ccc2ccccc12. The van der Waals surface area contributed by atoms with E-state index in [2.05, 4.69) is 0 Å². The first-order chi connectivity index (χ1) is 10.3. The smallest absolute Gasteiger partial charge is 0.154 e. The topological polar surface area (TPSA) is 26.3 Å². The first-order valence-corrected chi connectivity index (χ1v) is 7.00. The zero-order chi connectivity index (χ0) is 14.7. The number of aldehydes is 1. The third kappa shape index (κ3) is 2.91. The molecule has 0 unspecified atom stereocenters. The first kappa shape index (κ1) is 13.7. The molecule has 3 heteroatoms. The summed E-state index contributed by atoms with van der Waals surface area (Å²) in [4.78, 5) is 11.4. The average Bonchev–Trinajstić information content (AvgIpc) is 2.52. The van der Waals surface area contributed by atoms with Crippen LogP contribution in [-0.2, 0) is 6.61 Å². The summed E-state index contributed by atoms with van der Waals surface area (Å²) in [6, 6.07) is 19.0. The Kier molecular flexibility index (Phi) is 3.89. The van der Waals surface area contributed by atoms with Gasteiger partial charge in [-0.2, -0.15) is 0 Å². The van der Waals surface area contributed by atoms with Gasteiger partial charge in [0.25, 0.3) is 0 Å². The van der Waals surface area contributed by atoms with Gasteiger partial charge in [-0.1, -0.05) is 54.1 Å². The van der Waals surface area contributed by atoms with E-state index in [0.29, 0.717) is 22.9 Å². The number of ether oxygens (including phenoxy) is 1. The van der Waals surface area contributed by atoms with Crippen molar-refractivity contribution in [3.8, 4) is 5.75 Å². The summed E-state index contributed by atoms with van der Waals surface area (Å²) in [5.74, 6) is 0.587. The summed E-state index contributed by atoms with van der Waals surface area (Å²) in [6.07, 6.45) is 0.843. The van der Waals surface area contributed by atoms with E-state index in [0.717, 1.165) is 22.6 Å². The van der Waals surface area contributed by atoms with E-state index < -0.39 is 0 Å². The van der Waals surface area contributed by atoms with Crippen LogP contribution in [0.4, 0.5) is 0 Å². The molecule has 0 bridgehead atoms. The molecule has 0 N–H and O–H groups in total. The molecule has 0 aromatic heterocycles. The number of hydrogen-bond donors (Lipinski definition) is 0. The molecule has 0 spiro atoms. The van der Waals surface area contributed by atoms with Crippen LogP contribution in [0.15, 0.2) is 60.7 Å². The number of hydrogen-bond acceptors (Lipinski definition) is 2. The maximum atomic E-state index is 11.4. The van der Waals surface area contributed by atoms with E-state index in [1.807, 2.05) is 60.7 Å². The molecule has 0 radical (unpaired) electrons. The van der Waals surface area contributed by atoms with Crippen LogP contribution in [-0.4, -0.2) is 6.29 Å². The normalized spacial score (nSPS) is 10.5. The van der Waals surface area contributed by atoms with Gasteiger partial charge in [-0.25, -0.2) is 0 Å². The Morgan fingerprint density at radius 2 is 1.86 bits per heavy atom. The highest BCUT2D eigenvalue weighted by Gasteiger charge is 2.08. The van der Waals surface area contributed by atoms with Crippen LogP contribution in [0.1, 0.15) is 15.9 Å². The predicted molar refractivity (Wildman–Crippen MR) is 85.1 cm³/mol. The summed E-state index contributed by atoms with van der Waals surface area (Å²) in [5, 5.41) is 2.59. The summed E-state index contributed by atoms with van der Waals surface area (Å²) < 4.78 is 5.79. The van der Waals surface area contributed by atoms with Crippen molar-refractivity contribution in [3.63, 3.8) is 0 Å². The minimum atomic E-state index is 0.375. The van der Waals surface area contributed by atoms with Gasteiger partial charge in [-0.15, -0.1) is 0 Å². The lowest BCUT2D eigenvalue weighted by Gasteiger charge is -2.11. The highest BCUT2D eigenvalue weighted by Crippen LogP contribution is 2.27. The number of carbonyl (C=O) groups excluding carboxylic acids is 1. The second-order valence-corrected chi connectivity index (χ2v) is 5.17. The van der Waals surface area contributed by atoms with Crippen molar-refractivity contribution in [2.45, 2.75) is 6.61 Å². The summed E-state index contributed by atoms with van der Waals surface area (Å²) in [6.45, 7) is 0.375. The number of benzene rings is 3. The minimum Gasteiger partial charge on any atom is -0.488 e. The largest absolute Gasteiger partial charge is 0.488 e. The van der Waals surface area contributed by atoms with Crippen molar-refractivity contribution in [1.29, 1.82) is 0 Å². The molecular formula is C18H13ClO2. The fraction of sp³-hybridized carbons (Fsp3) is 0.0556. The lowest BCUT2D eigenvalue weighted by molar-refractivity contribution is 0.112. The highest BCUT2D eigenvalue weighted by molar-refractivity contribution is 6.30. The first-order valence-electron chi connectivity index (χ1n) is 6.62. The van der Waals surface area contributed by atoms with E-state index in [4.69, 9.17) is 16.3 Å². The van der Waals surface area contributed by atoms with Gasteiger partial charge >= 0.3 is 0 Å². The fourth-order valence-corrected chi connectivity index (χ4v) is 2.52. The molecule has 0 aliphatic rings. The maximum absolute atomic E-state index is 11.4. The second-order valence-electron chi connectivity index (χ2n) is 4.73. The summed E-state index contributed by atoms with van der Waals surface area (Å²) in [7, 11) is 0. The number of fused-ring (bicyclic) bond motifs is 1. The van der Waals surface area contributed by atoms with Gasteiger partial charge in [-0.05, 0) is 34.5 Å². The van der Waals surface area contributed by atoms with E-state index in [1.54, 1.807) is 0 Å². The number of halogens is 1. The number of rotatable bonds is 4. The van der Waals surface area contributed by atoms with Crippen LogP contribution in [0, 0.1) is 0 Å². The Balaban J connectivity index is 1.92. The predicted octanol–water partition coefficient (Wildman–Crippen LogP) is 4.88. The van der Waals surface area contributed by atoms with Gasteiger partial charge in [0.15, 0.2) is 6.29 Å². The molecule has 0 saturated carbocycles. The van der Waals surface area contributed by atoms with Crippen LogP contribution < -0.4 is 4.74 Å². The third-order valence-electron chi connectivity index (χ3n) is 3.33. The molecule has 21 heavy (non-hydrogen) atoms. The Hall–Kier alpha value is -2.32. The van der Waals surface area contributed by atoms with E-state index in [9.17, 15) is 4.79 Å². The van der Waals surface area contributed by atoms with Gasteiger partial charge in [0.2, 0.25) is 0 Å². The Morgan fingerprint density at radius 3 is 2.67 bits per heavy atom. The van der Waals surface area contributed by atoms with Crippen LogP contribution >= 0.6 is 11.6 Å². The fourth-order valence-electron chi connectivity index (χ4n) is 2.31. The summed E-state index contributed by atoms with van der Waals surface area (Å²) >= 11 is 5.95. The molecule has 104 valence electrons. The van der Waals surface area contributed by atoms with Gasteiger partial charge in [0.1, 0.15) is 12.4 Å². The molecule has 2 nitrogen and oxygen atoms in total. The maximum Gasteiger partial charge on any atom is 0.154 e. The summed E-state index contributed by atoms with van der Waals surface area (Å²) in [5.41, 5.74) is 1.54. The minimum absolute atomic E-state index is 0.375. The van der Waals surface area contributed by atoms with Crippen molar-refractivity contribution in [3.05, 3.63) is 76.8 Å². The molecule has 0 atom stereocenters. The van der Waals surface area contributed by atoms with E-state index in [-0.39, 0.29) is 0 Å². The quantitative estimate of drug-likeness (QED) is 0.641. The molecule has 3 aromatic rings. The van der Waals surface area contributed by atoms with Crippen LogP contribution in [0.2, 0.25) is 5.02 Å². The molecule has 3 rings (SSSR count). The van der Waals surface area contributed by atoms with Crippen LogP contribution in [0.3, 0.4) is 0 Å². The standard InChI is InChI=1S/C18H13ClO2/c19-15-6-3-4-13(10-15)12-21-18-9-8-14-5-1-2-7-16(14)17(18)11-20/h1-11H,12H2. The molecule has 0 heterocycles. The highest BCUT2D eigenvalue weighted by atomic mass is 35.5. The van der Waals surface area contributed by atoms with Crippen molar-refractivity contribution in [1.82, 2.24) is 0 Å². The zero-order valence-electron chi connectivity index (χ0n) is 11.3. The monoisotopic (exact) mass is 296 g/mol. The van der Waals surface area contributed by atoms with Crippen molar-refractivity contribution in [2.24, 2.45) is 0 Å². The van der Waals surface area contributed by atoms with Crippen LogP contribution in [0.25, 0.3) is 10.8 Å². The Bertz CT molecular complexity index is 796. The van der Waals surface area contributed by atoms with Crippen molar-refractivity contribution >= 4 is 28.7 Å². The zero-order valence-corrected chi connectivity index (χ0v) is 12.0. The Morgan fingerprint density at radius 1 is 1.00 bits per heavy atom. The van der Waals surface area contributed by atoms with Gasteiger partial charge in [-0.3, -0.25) is 4.79 Å².